The number of carbonyl (C=O) groups is 1. The third-order valence-electron chi connectivity index (χ3n) is 2.59. The molecule has 2 N–H and O–H groups in total. The molecular weight excluding hydrogens is 248 g/mol. The third-order valence-corrected chi connectivity index (χ3v) is 3.33. The fourth-order valence-electron chi connectivity index (χ4n) is 1.82. The maximum Gasteiger partial charge on any atom is 0.209 e. The number of para-hydroxylation sites is 1. The van der Waals surface area contributed by atoms with E-state index >= 15 is 0 Å². The number of carbonyl (C=O) groups excluding carboxylic acids is 1. The van der Waals surface area contributed by atoms with Crippen molar-refractivity contribution in [2.24, 2.45) is 0 Å². The lowest BCUT2D eigenvalue weighted by Crippen LogP contribution is -1.83. The number of hydrogen-bond acceptors (Lipinski definition) is 4. The Bertz CT molecular complexity index is 688. The van der Waals surface area contributed by atoms with Gasteiger partial charge in [-0.3, -0.25) is 5.10 Å². The van der Waals surface area contributed by atoms with Gasteiger partial charge in [0.05, 0.1) is 11.3 Å². The van der Waals surface area contributed by atoms with E-state index in [9.17, 15) is 4.79 Å². The van der Waals surface area contributed by atoms with E-state index in [1.54, 1.807) is 0 Å². The third kappa shape index (κ3) is 1.91. The Morgan fingerprint density at radius 2 is 2.28 bits per heavy atom. The van der Waals surface area contributed by atoms with Crippen molar-refractivity contribution < 1.29 is 4.79 Å². The summed E-state index contributed by atoms with van der Waals surface area (Å²) in [6.45, 7) is 0. The normalized spacial score (nSPS) is 10.9. The zero-order valence-electron chi connectivity index (χ0n) is 9.38. The monoisotopic (exact) mass is 258 g/mol. The predicted octanol–water partition coefficient (Wildman–Crippen LogP) is 2.24. The molecule has 90 valence electrons. The van der Waals surface area contributed by atoms with Crippen molar-refractivity contribution in [2.75, 3.05) is 5.75 Å². The quantitative estimate of drug-likeness (QED) is 0.556. The summed E-state index contributed by atoms with van der Waals surface area (Å²) in [4.78, 5) is 17.9. The Morgan fingerprint density at radius 1 is 1.33 bits per heavy atom. The molecule has 0 amide bonds. The predicted molar refractivity (Wildman–Crippen MR) is 70.5 cm³/mol. The highest BCUT2D eigenvalue weighted by Crippen LogP contribution is 2.25. The first-order valence-electron chi connectivity index (χ1n) is 5.44. The molecule has 3 aromatic rings. The van der Waals surface area contributed by atoms with E-state index in [-0.39, 0.29) is 0 Å². The van der Waals surface area contributed by atoms with Crippen LogP contribution >= 0.6 is 11.8 Å². The minimum Gasteiger partial charge on any atom is -0.361 e. The van der Waals surface area contributed by atoms with Crippen LogP contribution in [0.15, 0.2) is 35.6 Å². The number of aromatic amines is 2. The maximum atomic E-state index is 10.3. The summed E-state index contributed by atoms with van der Waals surface area (Å²) in [5.41, 5.74) is 2.00. The van der Waals surface area contributed by atoms with Crippen molar-refractivity contribution in [3.63, 3.8) is 0 Å². The van der Waals surface area contributed by atoms with Gasteiger partial charge in [0.25, 0.3) is 0 Å². The van der Waals surface area contributed by atoms with Crippen LogP contribution in [0.5, 0.6) is 0 Å². The SMILES string of the molecule is O=CCSc1n[nH]c(-c2cccc3cc[nH]c23)n1. The van der Waals surface area contributed by atoms with Crippen LogP contribution in [0.2, 0.25) is 0 Å². The molecule has 0 aliphatic heterocycles. The van der Waals surface area contributed by atoms with E-state index in [0.29, 0.717) is 16.7 Å². The van der Waals surface area contributed by atoms with Gasteiger partial charge >= 0.3 is 0 Å². The van der Waals surface area contributed by atoms with Gasteiger partial charge in [-0.05, 0) is 12.1 Å². The summed E-state index contributed by atoms with van der Waals surface area (Å²) in [7, 11) is 0. The minimum atomic E-state index is 0.365. The van der Waals surface area contributed by atoms with Gasteiger partial charge in [-0.15, -0.1) is 5.10 Å². The minimum absolute atomic E-state index is 0.365. The van der Waals surface area contributed by atoms with E-state index in [1.165, 1.54) is 11.8 Å². The first kappa shape index (κ1) is 11.0. The number of hydrogen-bond donors (Lipinski definition) is 2. The smallest absolute Gasteiger partial charge is 0.209 e. The molecule has 6 heteroatoms. The lowest BCUT2D eigenvalue weighted by atomic mass is 10.1. The fourth-order valence-corrected chi connectivity index (χ4v) is 2.31. The maximum absolute atomic E-state index is 10.3. The van der Waals surface area contributed by atoms with Crippen LogP contribution in [0.1, 0.15) is 0 Å². The first-order chi connectivity index (χ1) is 8.88. The number of nitrogens with one attached hydrogen (secondary N) is 2. The zero-order valence-corrected chi connectivity index (χ0v) is 10.2. The van der Waals surface area contributed by atoms with Crippen molar-refractivity contribution in [3.05, 3.63) is 30.5 Å². The summed E-state index contributed by atoms with van der Waals surface area (Å²) in [6, 6.07) is 8.00. The van der Waals surface area contributed by atoms with Gasteiger partial charge < -0.3 is 9.78 Å². The molecule has 3 rings (SSSR count). The van der Waals surface area contributed by atoms with Gasteiger partial charge in [0.1, 0.15) is 6.29 Å². The highest BCUT2D eigenvalue weighted by molar-refractivity contribution is 7.99. The average molecular weight is 258 g/mol. The standard InChI is InChI=1S/C12H10N4OS/c17-6-7-18-12-14-11(15-16-12)9-3-1-2-8-4-5-13-10(8)9/h1-6,13H,7H2,(H,14,15,16). The van der Waals surface area contributed by atoms with Crippen molar-refractivity contribution in [2.45, 2.75) is 5.16 Å². The molecular formula is C12H10N4OS. The number of rotatable bonds is 4. The van der Waals surface area contributed by atoms with Gasteiger partial charge in [-0.2, -0.15) is 0 Å². The molecule has 18 heavy (non-hydrogen) atoms. The van der Waals surface area contributed by atoms with Crippen molar-refractivity contribution >= 4 is 29.0 Å². The molecule has 0 atom stereocenters. The van der Waals surface area contributed by atoms with Gasteiger partial charge in [0, 0.05) is 17.1 Å². The Balaban J connectivity index is 2.01. The zero-order chi connectivity index (χ0) is 12.4. The number of fused-ring (bicyclic) bond motifs is 1. The van der Waals surface area contributed by atoms with Gasteiger partial charge in [0.2, 0.25) is 5.16 Å². The van der Waals surface area contributed by atoms with Crippen LogP contribution in [0.25, 0.3) is 22.3 Å². The molecule has 0 saturated carbocycles. The van der Waals surface area contributed by atoms with Crippen LogP contribution in [-0.4, -0.2) is 32.2 Å². The van der Waals surface area contributed by atoms with E-state index in [1.807, 2.05) is 30.5 Å². The topological polar surface area (TPSA) is 74.4 Å². The average Bonchev–Trinajstić information content (AvgIpc) is 3.04. The second-order valence-corrected chi connectivity index (χ2v) is 4.68. The van der Waals surface area contributed by atoms with Gasteiger partial charge in [-0.1, -0.05) is 23.9 Å². The molecule has 2 aromatic heterocycles. The molecule has 2 heterocycles. The number of nitrogens with zero attached hydrogens (tertiary/aromatic N) is 2. The van der Waals surface area contributed by atoms with Crippen molar-refractivity contribution in [3.8, 4) is 11.4 Å². The molecule has 0 spiro atoms. The van der Waals surface area contributed by atoms with Gasteiger partial charge in [-0.25, -0.2) is 4.98 Å². The summed E-state index contributed by atoms with van der Waals surface area (Å²) in [6.07, 6.45) is 2.74. The van der Waals surface area contributed by atoms with E-state index in [0.717, 1.165) is 22.8 Å². The number of aromatic nitrogens is 4. The number of aldehydes is 1. The number of H-pyrrole nitrogens is 2. The molecule has 0 unspecified atom stereocenters. The van der Waals surface area contributed by atoms with Crippen LogP contribution < -0.4 is 0 Å². The Kier molecular flexibility index (Phi) is 2.85. The van der Waals surface area contributed by atoms with E-state index in [4.69, 9.17) is 0 Å². The summed E-state index contributed by atoms with van der Waals surface area (Å²) >= 11 is 1.31. The lowest BCUT2D eigenvalue weighted by molar-refractivity contribution is -0.105. The number of thioether (sulfide) groups is 1. The fraction of sp³-hybridized carbons (Fsp3) is 0.0833. The largest absolute Gasteiger partial charge is 0.361 e. The Hall–Kier alpha value is -2.08. The Morgan fingerprint density at radius 3 is 3.17 bits per heavy atom. The van der Waals surface area contributed by atoms with Crippen LogP contribution in [0.3, 0.4) is 0 Å². The van der Waals surface area contributed by atoms with Gasteiger partial charge in [0.15, 0.2) is 5.82 Å². The van der Waals surface area contributed by atoms with Crippen LogP contribution in [0, 0.1) is 0 Å². The summed E-state index contributed by atoms with van der Waals surface area (Å²) in [5.74, 6) is 1.07. The van der Waals surface area contributed by atoms with Crippen molar-refractivity contribution in [1.29, 1.82) is 0 Å². The molecule has 0 saturated heterocycles. The molecule has 5 nitrogen and oxygen atoms in total. The first-order valence-corrected chi connectivity index (χ1v) is 6.42. The number of benzene rings is 1. The molecule has 0 radical (unpaired) electrons. The van der Waals surface area contributed by atoms with Crippen LogP contribution in [0.4, 0.5) is 0 Å². The molecule has 0 fully saturated rings. The second kappa shape index (κ2) is 4.66. The van der Waals surface area contributed by atoms with Crippen LogP contribution in [-0.2, 0) is 4.79 Å². The molecule has 0 bridgehead atoms. The molecule has 0 aliphatic carbocycles. The van der Waals surface area contributed by atoms with E-state index < -0.39 is 0 Å². The highest BCUT2D eigenvalue weighted by atomic mass is 32.2. The Labute approximate surface area is 107 Å². The van der Waals surface area contributed by atoms with E-state index in [2.05, 4.69) is 20.2 Å². The molecule has 0 aliphatic rings. The second-order valence-electron chi connectivity index (χ2n) is 3.69. The molecule has 1 aromatic carbocycles. The summed E-state index contributed by atoms with van der Waals surface area (Å²) < 4.78 is 0. The lowest BCUT2D eigenvalue weighted by Gasteiger charge is -1.98. The highest BCUT2D eigenvalue weighted by Gasteiger charge is 2.09. The van der Waals surface area contributed by atoms with Crippen molar-refractivity contribution in [1.82, 2.24) is 20.2 Å². The summed E-state index contributed by atoms with van der Waals surface area (Å²) in [5, 5.41) is 8.68.